The fraction of sp³-hybridized carbons (Fsp3) is 0.455. The lowest BCUT2D eigenvalue weighted by Gasteiger charge is -2.40. The average molecular weight is 494 g/mol. The summed E-state index contributed by atoms with van der Waals surface area (Å²) in [7, 11) is 1.71. The van der Waals surface area contributed by atoms with E-state index < -0.39 is 0 Å². The van der Waals surface area contributed by atoms with Crippen molar-refractivity contribution in [3.8, 4) is 5.75 Å². The van der Waals surface area contributed by atoms with E-state index >= 15 is 0 Å². The van der Waals surface area contributed by atoms with Crippen LogP contribution in [0.15, 0.2) is 25.6 Å². The summed E-state index contributed by atoms with van der Waals surface area (Å²) in [5.74, 6) is 0.819. The number of methoxy groups -OCH3 is 1. The highest BCUT2D eigenvalue weighted by Crippen LogP contribution is 2.41. The molecule has 94 valence electrons. The molecule has 1 aliphatic carbocycles. The second-order valence-corrected chi connectivity index (χ2v) is 7.61. The maximum atomic E-state index is 5.97. The SMILES string of the molecule is COC1C(Br)CC1Oc1c(Br)cc(Br)cc1Br. The molecule has 1 saturated carbocycles. The van der Waals surface area contributed by atoms with Crippen LogP contribution in [-0.4, -0.2) is 24.1 Å². The summed E-state index contributed by atoms with van der Waals surface area (Å²) >= 11 is 14.0. The van der Waals surface area contributed by atoms with Gasteiger partial charge in [-0.15, -0.1) is 0 Å². The van der Waals surface area contributed by atoms with E-state index in [4.69, 9.17) is 9.47 Å². The van der Waals surface area contributed by atoms with Gasteiger partial charge in [0.05, 0.1) is 8.95 Å². The molecular weight excluding hydrogens is 484 g/mol. The van der Waals surface area contributed by atoms with Crippen molar-refractivity contribution in [1.29, 1.82) is 0 Å². The molecule has 6 heteroatoms. The van der Waals surface area contributed by atoms with Crippen molar-refractivity contribution in [2.75, 3.05) is 7.11 Å². The number of alkyl halides is 1. The van der Waals surface area contributed by atoms with Crippen LogP contribution in [0.2, 0.25) is 0 Å². The Balaban J connectivity index is 2.14. The number of hydrogen-bond donors (Lipinski definition) is 0. The minimum absolute atomic E-state index is 0.0955. The van der Waals surface area contributed by atoms with Crippen LogP contribution in [0.5, 0.6) is 5.75 Å². The fourth-order valence-electron chi connectivity index (χ4n) is 1.73. The number of halogens is 4. The van der Waals surface area contributed by atoms with E-state index in [0.29, 0.717) is 4.83 Å². The summed E-state index contributed by atoms with van der Waals surface area (Å²) in [5.41, 5.74) is 0. The number of benzene rings is 1. The van der Waals surface area contributed by atoms with E-state index in [1.807, 2.05) is 12.1 Å². The molecule has 1 fully saturated rings. The molecule has 0 saturated heterocycles. The molecule has 17 heavy (non-hydrogen) atoms. The highest BCUT2D eigenvalue weighted by molar-refractivity contribution is 9.11. The molecule has 2 rings (SSSR count). The second-order valence-electron chi connectivity index (χ2n) is 3.81. The van der Waals surface area contributed by atoms with Crippen LogP contribution in [0.3, 0.4) is 0 Å². The third-order valence-electron chi connectivity index (χ3n) is 2.68. The lowest BCUT2D eigenvalue weighted by atomic mass is 9.91. The van der Waals surface area contributed by atoms with Gasteiger partial charge < -0.3 is 9.47 Å². The maximum Gasteiger partial charge on any atom is 0.148 e. The van der Waals surface area contributed by atoms with Crippen LogP contribution in [0.1, 0.15) is 6.42 Å². The first-order valence-corrected chi connectivity index (χ1v) is 8.30. The van der Waals surface area contributed by atoms with Crippen molar-refractivity contribution < 1.29 is 9.47 Å². The quantitative estimate of drug-likeness (QED) is 0.558. The maximum absolute atomic E-state index is 5.97. The molecule has 0 heterocycles. The lowest BCUT2D eigenvalue weighted by Crippen LogP contribution is -2.51. The average Bonchev–Trinajstić information content (AvgIpc) is 2.21. The summed E-state index contributed by atoms with van der Waals surface area (Å²) in [4.78, 5) is 0.380. The van der Waals surface area contributed by atoms with Crippen molar-refractivity contribution in [3.05, 3.63) is 25.6 Å². The predicted octanol–water partition coefficient (Wildman–Crippen LogP) is 4.90. The van der Waals surface area contributed by atoms with Crippen molar-refractivity contribution in [1.82, 2.24) is 0 Å². The topological polar surface area (TPSA) is 18.5 Å². The molecule has 0 aromatic heterocycles. The lowest BCUT2D eigenvalue weighted by molar-refractivity contribution is -0.0550. The minimum Gasteiger partial charge on any atom is -0.485 e. The first-order valence-electron chi connectivity index (χ1n) is 5.01. The molecule has 1 aromatic carbocycles. The van der Waals surface area contributed by atoms with Crippen LogP contribution in [-0.2, 0) is 4.74 Å². The Morgan fingerprint density at radius 2 is 1.76 bits per heavy atom. The van der Waals surface area contributed by atoms with E-state index in [9.17, 15) is 0 Å². The van der Waals surface area contributed by atoms with Crippen LogP contribution in [0.25, 0.3) is 0 Å². The van der Waals surface area contributed by atoms with E-state index in [0.717, 1.165) is 25.6 Å². The van der Waals surface area contributed by atoms with Crippen LogP contribution < -0.4 is 4.74 Å². The summed E-state index contributed by atoms with van der Waals surface area (Å²) < 4.78 is 14.2. The predicted molar refractivity (Wildman–Crippen MR) is 82.1 cm³/mol. The fourth-order valence-corrected chi connectivity index (χ4v) is 5.11. The van der Waals surface area contributed by atoms with Crippen LogP contribution in [0.4, 0.5) is 0 Å². The Morgan fingerprint density at radius 3 is 2.24 bits per heavy atom. The van der Waals surface area contributed by atoms with E-state index in [1.54, 1.807) is 7.11 Å². The first kappa shape index (κ1) is 14.3. The van der Waals surface area contributed by atoms with Gasteiger partial charge in [0.25, 0.3) is 0 Å². The molecule has 3 atom stereocenters. The van der Waals surface area contributed by atoms with Gasteiger partial charge in [0, 0.05) is 22.8 Å². The van der Waals surface area contributed by atoms with Gasteiger partial charge >= 0.3 is 0 Å². The van der Waals surface area contributed by atoms with E-state index in [1.165, 1.54) is 0 Å². The smallest absolute Gasteiger partial charge is 0.148 e. The normalized spacial score (nSPS) is 27.7. The molecule has 0 spiro atoms. The van der Waals surface area contributed by atoms with Gasteiger partial charge in [-0.25, -0.2) is 0 Å². The van der Waals surface area contributed by atoms with Gasteiger partial charge in [0.1, 0.15) is 18.0 Å². The molecule has 0 radical (unpaired) electrons. The van der Waals surface area contributed by atoms with Crippen molar-refractivity contribution in [2.24, 2.45) is 0 Å². The van der Waals surface area contributed by atoms with Gasteiger partial charge in [0.2, 0.25) is 0 Å². The van der Waals surface area contributed by atoms with Crippen molar-refractivity contribution in [3.63, 3.8) is 0 Å². The van der Waals surface area contributed by atoms with Gasteiger partial charge in [-0.3, -0.25) is 0 Å². The van der Waals surface area contributed by atoms with Gasteiger partial charge in [-0.1, -0.05) is 31.9 Å². The Kier molecular flexibility index (Phi) is 4.97. The Morgan fingerprint density at radius 1 is 1.18 bits per heavy atom. The molecule has 3 unspecified atom stereocenters. The third kappa shape index (κ3) is 3.08. The summed E-state index contributed by atoms with van der Waals surface area (Å²) in [6.45, 7) is 0. The molecular formula is C11H10Br4O2. The van der Waals surface area contributed by atoms with Crippen LogP contribution >= 0.6 is 63.7 Å². The zero-order valence-electron chi connectivity index (χ0n) is 8.92. The summed E-state index contributed by atoms with van der Waals surface area (Å²) in [6.07, 6.45) is 1.16. The third-order valence-corrected chi connectivity index (χ3v) is 5.22. The zero-order chi connectivity index (χ0) is 12.6. The largest absolute Gasteiger partial charge is 0.485 e. The first-order chi connectivity index (χ1) is 8.02. The van der Waals surface area contributed by atoms with E-state index in [-0.39, 0.29) is 12.2 Å². The number of rotatable bonds is 3. The molecule has 1 aliphatic rings. The van der Waals surface area contributed by atoms with Gasteiger partial charge in [0.15, 0.2) is 0 Å². The Hall–Kier alpha value is 0.900. The molecule has 0 bridgehead atoms. The Bertz CT molecular complexity index is 401. The van der Waals surface area contributed by atoms with Gasteiger partial charge in [-0.2, -0.15) is 0 Å². The van der Waals surface area contributed by atoms with Crippen molar-refractivity contribution in [2.45, 2.75) is 23.5 Å². The minimum atomic E-state index is 0.0955. The van der Waals surface area contributed by atoms with Gasteiger partial charge in [-0.05, 0) is 44.0 Å². The standard InChI is InChI=1S/C11H10Br4O2/c1-16-11-8(15)4-9(11)17-10-6(13)2-5(12)3-7(10)14/h2-3,8-9,11H,4H2,1H3. The summed E-state index contributed by atoms with van der Waals surface area (Å²) in [6, 6.07) is 3.93. The molecule has 0 aliphatic heterocycles. The van der Waals surface area contributed by atoms with Crippen LogP contribution in [0, 0.1) is 0 Å². The number of hydrogen-bond acceptors (Lipinski definition) is 2. The highest BCUT2D eigenvalue weighted by atomic mass is 79.9. The highest BCUT2D eigenvalue weighted by Gasteiger charge is 2.42. The summed E-state index contributed by atoms with van der Waals surface area (Å²) in [5, 5.41) is 0. The number of ether oxygens (including phenoxy) is 2. The molecule has 1 aromatic rings. The second kappa shape index (κ2) is 5.90. The zero-order valence-corrected chi connectivity index (χ0v) is 15.3. The molecule has 2 nitrogen and oxygen atoms in total. The molecule has 0 N–H and O–H groups in total. The Labute approximate surface area is 134 Å². The monoisotopic (exact) mass is 490 g/mol. The molecule has 0 amide bonds. The van der Waals surface area contributed by atoms with E-state index in [2.05, 4.69) is 63.7 Å². The van der Waals surface area contributed by atoms with Crippen molar-refractivity contribution >= 4 is 63.7 Å².